The molecule has 0 amide bonds. The second kappa shape index (κ2) is 4.43. The molecule has 1 fully saturated rings. The van der Waals surface area contributed by atoms with Crippen LogP contribution in [0.4, 0.5) is 13.2 Å². The fraction of sp³-hybridized carbons (Fsp3) is 0.385. The van der Waals surface area contributed by atoms with E-state index in [4.69, 9.17) is 4.74 Å². The van der Waals surface area contributed by atoms with Crippen molar-refractivity contribution in [2.75, 3.05) is 6.61 Å². The van der Waals surface area contributed by atoms with Gasteiger partial charge in [-0.3, -0.25) is 0 Å². The molecule has 4 heteroatoms. The van der Waals surface area contributed by atoms with Gasteiger partial charge in [0.15, 0.2) is 6.61 Å². The summed E-state index contributed by atoms with van der Waals surface area (Å²) in [7, 11) is 0. The number of alkyl halides is 3. The van der Waals surface area contributed by atoms with Crippen LogP contribution in [-0.2, 0) is 0 Å². The molecule has 1 aromatic rings. The van der Waals surface area contributed by atoms with E-state index in [0.29, 0.717) is 11.7 Å². The molecule has 1 saturated carbocycles. The van der Waals surface area contributed by atoms with E-state index in [1.54, 1.807) is 18.2 Å². The van der Waals surface area contributed by atoms with Crippen molar-refractivity contribution in [3.8, 4) is 5.75 Å². The Morgan fingerprint density at radius 1 is 1.35 bits per heavy atom. The zero-order valence-electron chi connectivity index (χ0n) is 9.26. The summed E-state index contributed by atoms with van der Waals surface area (Å²) in [6.45, 7) is 2.41. The van der Waals surface area contributed by atoms with Crippen molar-refractivity contribution in [1.82, 2.24) is 0 Å². The van der Waals surface area contributed by atoms with Gasteiger partial charge in [-0.05, 0) is 42.0 Å². The molecule has 0 bridgehead atoms. The van der Waals surface area contributed by atoms with Gasteiger partial charge in [-0.1, -0.05) is 18.7 Å². The second-order valence-corrected chi connectivity index (χ2v) is 4.18. The molecule has 0 unspecified atom stereocenters. The molecular formula is C13H13F3O. The van der Waals surface area contributed by atoms with Crippen LogP contribution in [0, 0.1) is 0 Å². The monoisotopic (exact) mass is 242 g/mol. The van der Waals surface area contributed by atoms with E-state index in [0.717, 1.165) is 24.0 Å². The lowest BCUT2D eigenvalue weighted by Gasteiger charge is -2.13. The Morgan fingerprint density at radius 2 is 2.06 bits per heavy atom. The lowest BCUT2D eigenvalue weighted by molar-refractivity contribution is -0.153. The Hall–Kier alpha value is -1.45. The number of halogens is 3. The van der Waals surface area contributed by atoms with Gasteiger partial charge >= 0.3 is 6.18 Å². The standard InChI is InChI=1S/C13H13F3O/c1-2-9-3-6-12(17-8-13(14,15)16)11(7-9)10-4-5-10/h2-3,6-7,10H,1,4-5,8H2. The van der Waals surface area contributed by atoms with Crippen molar-refractivity contribution in [3.63, 3.8) is 0 Å². The van der Waals surface area contributed by atoms with Crippen LogP contribution in [0.3, 0.4) is 0 Å². The Morgan fingerprint density at radius 3 is 2.59 bits per heavy atom. The van der Waals surface area contributed by atoms with Crippen LogP contribution < -0.4 is 4.74 Å². The topological polar surface area (TPSA) is 9.23 Å². The van der Waals surface area contributed by atoms with Crippen molar-refractivity contribution >= 4 is 6.08 Å². The fourth-order valence-corrected chi connectivity index (χ4v) is 1.70. The Bertz CT molecular complexity index is 419. The molecule has 0 radical (unpaired) electrons. The molecule has 0 spiro atoms. The molecule has 92 valence electrons. The highest BCUT2D eigenvalue weighted by molar-refractivity contribution is 5.53. The third-order valence-corrected chi connectivity index (χ3v) is 2.68. The Kier molecular flexibility index (Phi) is 3.13. The van der Waals surface area contributed by atoms with Crippen molar-refractivity contribution in [2.24, 2.45) is 0 Å². The van der Waals surface area contributed by atoms with Gasteiger partial charge < -0.3 is 4.74 Å². The van der Waals surface area contributed by atoms with E-state index in [2.05, 4.69) is 6.58 Å². The fourth-order valence-electron chi connectivity index (χ4n) is 1.70. The predicted molar refractivity (Wildman–Crippen MR) is 60.1 cm³/mol. The molecule has 1 aliphatic rings. The molecule has 0 N–H and O–H groups in total. The van der Waals surface area contributed by atoms with Gasteiger partial charge in [-0.25, -0.2) is 0 Å². The summed E-state index contributed by atoms with van der Waals surface area (Å²) >= 11 is 0. The molecule has 0 aromatic heterocycles. The van der Waals surface area contributed by atoms with Crippen molar-refractivity contribution in [2.45, 2.75) is 24.9 Å². The Balaban J connectivity index is 2.17. The number of benzene rings is 1. The number of ether oxygens (including phenoxy) is 1. The molecule has 1 aliphatic carbocycles. The zero-order chi connectivity index (χ0) is 12.5. The summed E-state index contributed by atoms with van der Waals surface area (Å²) in [5.74, 6) is 0.688. The predicted octanol–water partition coefficient (Wildman–Crippen LogP) is 4.15. The number of hydrogen-bond donors (Lipinski definition) is 0. The first-order valence-electron chi connectivity index (χ1n) is 5.45. The molecule has 0 heterocycles. The van der Waals surface area contributed by atoms with Crippen molar-refractivity contribution in [3.05, 3.63) is 35.9 Å². The minimum Gasteiger partial charge on any atom is -0.484 e. The van der Waals surface area contributed by atoms with E-state index in [1.165, 1.54) is 0 Å². The maximum absolute atomic E-state index is 12.1. The van der Waals surface area contributed by atoms with Gasteiger partial charge in [0.2, 0.25) is 0 Å². The molecular weight excluding hydrogens is 229 g/mol. The number of hydrogen-bond acceptors (Lipinski definition) is 1. The third-order valence-electron chi connectivity index (χ3n) is 2.68. The second-order valence-electron chi connectivity index (χ2n) is 4.18. The highest BCUT2D eigenvalue weighted by Gasteiger charge is 2.31. The van der Waals surface area contributed by atoms with E-state index in [-0.39, 0.29) is 0 Å². The summed E-state index contributed by atoms with van der Waals surface area (Å²) in [6, 6.07) is 5.16. The third kappa shape index (κ3) is 3.25. The van der Waals surface area contributed by atoms with Gasteiger partial charge in [0.05, 0.1) is 0 Å². The van der Waals surface area contributed by atoms with Gasteiger partial charge in [-0.2, -0.15) is 13.2 Å². The van der Waals surface area contributed by atoms with Gasteiger partial charge in [0.1, 0.15) is 5.75 Å². The summed E-state index contributed by atoms with van der Waals surface area (Å²) < 4.78 is 41.1. The number of rotatable bonds is 4. The van der Waals surface area contributed by atoms with Crippen LogP contribution >= 0.6 is 0 Å². The first kappa shape index (κ1) is 12.0. The van der Waals surface area contributed by atoms with Crippen LogP contribution in [0.1, 0.15) is 29.9 Å². The van der Waals surface area contributed by atoms with E-state index >= 15 is 0 Å². The largest absolute Gasteiger partial charge is 0.484 e. The minimum atomic E-state index is -4.29. The molecule has 0 atom stereocenters. The quantitative estimate of drug-likeness (QED) is 0.770. The highest BCUT2D eigenvalue weighted by Crippen LogP contribution is 2.44. The van der Waals surface area contributed by atoms with E-state index in [1.807, 2.05) is 6.07 Å². The average Bonchev–Trinajstić information content (AvgIpc) is 3.09. The SMILES string of the molecule is C=Cc1ccc(OCC(F)(F)F)c(C2CC2)c1. The van der Waals surface area contributed by atoms with Crippen LogP contribution in [0.15, 0.2) is 24.8 Å². The smallest absolute Gasteiger partial charge is 0.422 e. The normalized spacial score (nSPS) is 15.7. The van der Waals surface area contributed by atoms with E-state index < -0.39 is 12.8 Å². The summed E-state index contributed by atoms with van der Waals surface area (Å²) in [4.78, 5) is 0. The van der Waals surface area contributed by atoms with Crippen LogP contribution in [-0.4, -0.2) is 12.8 Å². The first-order chi connectivity index (χ1) is 7.99. The minimum absolute atomic E-state index is 0.343. The molecule has 1 aromatic carbocycles. The molecule has 1 nitrogen and oxygen atoms in total. The lowest BCUT2D eigenvalue weighted by atomic mass is 10.1. The maximum Gasteiger partial charge on any atom is 0.422 e. The molecule has 0 saturated heterocycles. The van der Waals surface area contributed by atoms with Crippen LogP contribution in [0.25, 0.3) is 6.08 Å². The van der Waals surface area contributed by atoms with Crippen LogP contribution in [0.5, 0.6) is 5.75 Å². The summed E-state index contributed by atoms with van der Waals surface area (Å²) in [5.41, 5.74) is 1.78. The van der Waals surface area contributed by atoms with Gasteiger partial charge in [0, 0.05) is 0 Å². The van der Waals surface area contributed by atoms with Crippen LogP contribution in [0.2, 0.25) is 0 Å². The molecule has 17 heavy (non-hydrogen) atoms. The van der Waals surface area contributed by atoms with Crippen molar-refractivity contribution in [1.29, 1.82) is 0 Å². The highest BCUT2D eigenvalue weighted by atomic mass is 19.4. The van der Waals surface area contributed by atoms with Crippen molar-refractivity contribution < 1.29 is 17.9 Å². The van der Waals surface area contributed by atoms with E-state index in [9.17, 15) is 13.2 Å². The average molecular weight is 242 g/mol. The molecule has 2 rings (SSSR count). The maximum atomic E-state index is 12.1. The van der Waals surface area contributed by atoms with Gasteiger partial charge in [-0.15, -0.1) is 0 Å². The summed E-state index contributed by atoms with van der Waals surface area (Å²) in [5, 5.41) is 0. The zero-order valence-corrected chi connectivity index (χ0v) is 9.26. The Labute approximate surface area is 97.9 Å². The first-order valence-corrected chi connectivity index (χ1v) is 5.45. The molecule has 0 aliphatic heterocycles. The summed E-state index contributed by atoms with van der Waals surface area (Å²) in [6.07, 6.45) is -0.580. The van der Waals surface area contributed by atoms with Gasteiger partial charge in [0.25, 0.3) is 0 Å². The lowest BCUT2D eigenvalue weighted by Crippen LogP contribution is -2.19.